The normalized spacial score (nSPS) is 12.2. The molecule has 2 rings (SSSR count). The van der Waals surface area contributed by atoms with Crippen molar-refractivity contribution in [2.45, 2.75) is 12.5 Å². The quantitative estimate of drug-likeness (QED) is 0.612. The molecule has 0 amide bonds. The molecule has 0 aliphatic rings. The molecule has 2 aromatic rings. The SMILES string of the molecule is COc1cccc(OC)c1C(Cc1nccn1C)NN. The lowest BCUT2D eigenvalue weighted by Gasteiger charge is -2.21. The summed E-state index contributed by atoms with van der Waals surface area (Å²) in [6, 6.07) is 5.51. The van der Waals surface area contributed by atoms with Gasteiger partial charge >= 0.3 is 0 Å². The van der Waals surface area contributed by atoms with Gasteiger partial charge < -0.3 is 14.0 Å². The number of methoxy groups -OCH3 is 2. The van der Waals surface area contributed by atoms with E-state index in [9.17, 15) is 0 Å². The second kappa shape index (κ2) is 6.40. The number of nitrogens with two attached hydrogens (primary N) is 1. The monoisotopic (exact) mass is 276 g/mol. The van der Waals surface area contributed by atoms with Crippen molar-refractivity contribution < 1.29 is 9.47 Å². The highest BCUT2D eigenvalue weighted by atomic mass is 16.5. The van der Waals surface area contributed by atoms with Crippen molar-refractivity contribution in [3.8, 4) is 11.5 Å². The van der Waals surface area contributed by atoms with E-state index in [1.165, 1.54) is 0 Å². The smallest absolute Gasteiger partial charge is 0.127 e. The number of hydrogen-bond donors (Lipinski definition) is 2. The lowest BCUT2D eigenvalue weighted by molar-refractivity contribution is 0.369. The Bertz CT molecular complexity index is 546. The molecule has 108 valence electrons. The van der Waals surface area contributed by atoms with E-state index in [0.717, 1.165) is 22.9 Å². The van der Waals surface area contributed by atoms with Gasteiger partial charge in [0.25, 0.3) is 0 Å². The Morgan fingerprint density at radius 1 is 1.30 bits per heavy atom. The number of nitrogens with one attached hydrogen (secondary N) is 1. The predicted octanol–water partition coefficient (Wildman–Crippen LogP) is 1.18. The van der Waals surface area contributed by atoms with Crippen LogP contribution in [0.1, 0.15) is 17.4 Å². The molecule has 3 N–H and O–H groups in total. The fourth-order valence-electron chi connectivity index (χ4n) is 2.24. The summed E-state index contributed by atoms with van der Waals surface area (Å²) in [5, 5.41) is 0. The van der Waals surface area contributed by atoms with Gasteiger partial charge in [-0.25, -0.2) is 4.98 Å². The molecular formula is C14H20N4O2. The Kier molecular flexibility index (Phi) is 4.60. The molecule has 0 aliphatic heterocycles. The first-order valence-electron chi connectivity index (χ1n) is 6.34. The highest BCUT2D eigenvalue weighted by molar-refractivity contribution is 5.47. The van der Waals surface area contributed by atoms with Crippen LogP contribution in [-0.2, 0) is 13.5 Å². The molecule has 1 aromatic carbocycles. The van der Waals surface area contributed by atoms with E-state index in [1.54, 1.807) is 20.4 Å². The van der Waals surface area contributed by atoms with Gasteiger partial charge in [0.2, 0.25) is 0 Å². The second-order valence-corrected chi connectivity index (χ2v) is 4.45. The molecule has 0 bridgehead atoms. The molecule has 0 saturated heterocycles. The van der Waals surface area contributed by atoms with Crippen molar-refractivity contribution >= 4 is 0 Å². The maximum Gasteiger partial charge on any atom is 0.127 e. The predicted molar refractivity (Wildman–Crippen MR) is 76.5 cm³/mol. The van der Waals surface area contributed by atoms with E-state index in [1.807, 2.05) is 36.0 Å². The average Bonchev–Trinajstić information content (AvgIpc) is 2.89. The molecule has 1 atom stereocenters. The number of imidazole rings is 1. The number of hydrogen-bond acceptors (Lipinski definition) is 5. The summed E-state index contributed by atoms with van der Waals surface area (Å²) in [4.78, 5) is 4.33. The fourth-order valence-corrected chi connectivity index (χ4v) is 2.24. The Morgan fingerprint density at radius 2 is 1.95 bits per heavy atom. The lowest BCUT2D eigenvalue weighted by Crippen LogP contribution is -2.31. The number of rotatable bonds is 6. The van der Waals surface area contributed by atoms with Gasteiger partial charge in [-0.3, -0.25) is 11.3 Å². The van der Waals surface area contributed by atoms with Crippen LogP contribution in [0.25, 0.3) is 0 Å². The van der Waals surface area contributed by atoms with Gasteiger partial charge in [0.15, 0.2) is 0 Å². The van der Waals surface area contributed by atoms with Crippen LogP contribution in [0.2, 0.25) is 0 Å². The minimum atomic E-state index is -0.151. The van der Waals surface area contributed by atoms with E-state index < -0.39 is 0 Å². The zero-order valence-corrected chi connectivity index (χ0v) is 12.0. The molecule has 0 spiro atoms. The maximum absolute atomic E-state index is 5.72. The van der Waals surface area contributed by atoms with Gasteiger partial charge in [-0.1, -0.05) is 6.07 Å². The first kappa shape index (κ1) is 14.4. The second-order valence-electron chi connectivity index (χ2n) is 4.45. The van der Waals surface area contributed by atoms with Crippen LogP contribution >= 0.6 is 0 Å². The third-order valence-electron chi connectivity index (χ3n) is 3.32. The Balaban J connectivity index is 2.38. The van der Waals surface area contributed by atoms with Crippen LogP contribution < -0.4 is 20.7 Å². The number of ether oxygens (including phenoxy) is 2. The lowest BCUT2D eigenvalue weighted by atomic mass is 10.0. The molecule has 6 heteroatoms. The van der Waals surface area contributed by atoms with Crippen LogP contribution in [0.5, 0.6) is 11.5 Å². The minimum Gasteiger partial charge on any atom is -0.496 e. The van der Waals surface area contributed by atoms with Gasteiger partial charge in [0.05, 0.1) is 25.8 Å². The van der Waals surface area contributed by atoms with Crippen LogP contribution in [0.3, 0.4) is 0 Å². The van der Waals surface area contributed by atoms with E-state index in [-0.39, 0.29) is 6.04 Å². The average molecular weight is 276 g/mol. The first-order chi connectivity index (χ1) is 9.71. The van der Waals surface area contributed by atoms with E-state index in [2.05, 4.69) is 10.4 Å². The summed E-state index contributed by atoms with van der Waals surface area (Å²) in [6.07, 6.45) is 4.31. The Labute approximate surface area is 118 Å². The highest BCUT2D eigenvalue weighted by Gasteiger charge is 2.21. The number of nitrogens with zero attached hydrogens (tertiary/aromatic N) is 2. The van der Waals surface area contributed by atoms with E-state index in [4.69, 9.17) is 15.3 Å². The van der Waals surface area contributed by atoms with Gasteiger partial charge in [-0.05, 0) is 12.1 Å². The standard InChI is InChI=1S/C14H20N4O2/c1-18-8-7-16-13(18)9-10(17-15)14-11(19-2)5-4-6-12(14)20-3/h4-8,10,17H,9,15H2,1-3H3. The topological polar surface area (TPSA) is 74.3 Å². The molecule has 20 heavy (non-hydrogen) atoms. The van der Waals surface area contributed by atoms with Crippen LogP contribution in [0.4, 0.5) is 0 Å². The van der Waals surface area contributed by atoms with Gasteiger partial charge in [-0.15, -0.1) is 0 Å². The number of aromatic nitrogens is 2. The zero-order chi connectivity index (χ0) is 14.5. The van der Waals surface area contributed by atoms with Crippen molar-refractivity contribution in [2.75, 3.05) is 14.2 Å². The summed E-state index contributed by atoms with van der Waals surface area (Å²) in [6.45, 7) is 0. The summed E-state index contributed by atoms with van der Waals surface area (Å²) in [5.74, 6) is 8.13. The molecule has 0 aliphatic carbocycles. The molecule has 6 nitrogen and oxygen atoms in total. The van der Waals surface area contributed by atoms with Crippen LogP contribution in [0, 0.1) is 0 Å². The van der Waals surface area contributed by atoms with Gasteiger partial charge in [0.1, 0.15) is 17.3 Å². The minimum absolute atomic E-state index is 0.151. The van der Waals surface area contributed by atoms with Gasteiger partial charge in [0, 0.05) is 25.9 Å². The van der Waals surface area contributed by atoms with Crippen molar-refractivity contribution in [1.82, 2.24) is 15.0 Å². The first-order valence-corrected chi connectivity index (χ1v) is 6.34. The number of hydrazine groups is 1. The molecule has 1 unspecified atom stereocenters. The maximum atomic E-state index is 5.72. The summed E-state index contributed by atoms with van der Waals surface area (Å²) in [5.41, 5.74) is 3.71. The van der Waals surface area contributed by atoms with Crippen molar-refractivity contribution in [2.24, 2.45) is 12.9 Å². The molecule has 1 heterocycles. The zero-order valence-electron chi connectivity index (χ0n) is 12.0. The highest BCUT2D eigenvalue weighted by Crippen LogP contribution is 2.34. The fraction of sp³-hybridized carbons (Fsp3) is 0.357. The molecule has 0 fully saturated rings. The molecular weight excluding hydrogens is 256 g/mol. The van der Waals surface area contributed by atoms with Crippen molar-refractivity contribution in [3.63, 3.8) is 0 Å². The summed E-state index contributed by atoms with van der Waals surface area (Å²) >= 11 is 0. The number of benzene rings is 1. The Morgan fingerprint density at radius 3 is 2.40 bits per heavy atom. The van der Waals surface area contributed by atoms with Crippen LogP contribution in [-0.4, -0.2) is 23.8 Å². The summed E-state index contributed by atoms with van der Waals surface area (Å²) < 4.78 is 12.8. The van der Waals surface area contributed by atoms with Crippen LogP contribution in [0.15, 0.2) is 30.6 Å². The third-order valence-corrected chi connectivity index (χ3v) is 3.32. The van der Waals surface area contributed by atoms with E-state index >= 15 is 0 Å². The van der Waals surface area contributed by atoms with Crippen molar-refractivity contribution in [3.05, 3.63) is 42.0 Å². The molecule has 1 aromatic heterocycles. The third kappa shape index (κ3) is 2.76. The summed E-state index contributed by atoms with van der Waals surface area (Å²) in [7, 11) is 5.22. The molecule has 0 saturated carbocycles. The Hall–Kier alpha value is -2.05. The largest absolute Gasteiger partial charge is 0.496 e. The van der Waals surface area contributed by atoms with Gasteiger partial charge in [-0.2, -0.15) is 0 Å². The number of aryl methyl sites for hydroxylation is 1. The van der Waals surface area contributed by atoms with Crippen molar-refractivity contribution in [1.29, 1.82) is 0 Å². The van der Waals surface area contributed by atoms with E-state index in [0.29, 0.717) is 6.42 Å². The molecule has 0 radical (unpaired) electrons.